The molecule has 15 heteroatoms. The predicted octanol–water partition coefficient (Wildman–Crippen LogP) is 6.23. The molecule has 0 bridgehead atoms. The summed E-state index contributed by atoms with van der Waals surface area (Å²) in [5, 5.41) is 1.64. The minimum Gasteiger partial charge on any atom is -0.404 e. The molecule has 1 atom stereocenters. The highest BCUT2D eigenvalue weighted by atomic mass is 35.5. The Morgan fingerprint density at radius 2 is 1.71 bits per heavy atom. The molecule has 2 aromatic carbocycles. The lowest BCUT2D eigenvalue weighted by Gasteiger charge is -2.30. The van der Waals surface area contributed by atoms with Crippen molar-refractivity contribution in [2.75, 3.05) is 6.26 Å². The molecule has 0 saturated heterocycles. The molecule has 1 amide bonds. The Kier molecular flexibility index (Phi) is 9.70. The van der Waals surface area contributed by atoms with E-state index in [0.717, 1.165) is 24.7 Å². The van der Waals surface area contributed by atoms with Gasteiger partial charge >= 0.3 is 18.0 Å². The number of nitrogens with zero attached hydrogens (tertiary/aromatic N) is 1. The van der Waals surface area contributed by atoms with Gasteiger partial charge in [-0.05, 0) is 29.8 Å². The van der Waals surface area contributed by atoms with Crippen molar-refractivity contribution in [3.8, 4) is 0 Å². The van der Waals surface area contributed by atoms with E-state index in [4.69, 9.17) is 17.3 Å². The second-order valence-electron chi connectivity index (χ2n) is 7.73. The maximum absolute atomic E-state index is 14.6. The fourth-order valence-corrected chi connectivity index (χ4v) is 4.21. The number of hydrogen-bond donors (Lipinski definition) is 2. The van der Waals surface area contributed by atoms with E-state index in [1.54, 1.807) is 6.92 Å². The van der Waals surface area contributed by atoms with Gasteiger partial charge in [-0.25, -0.2) is 8.78 Å². The SMILES string of the molecule is CCC(=O)NCc1cc(C(C=Nc2c(Cl)cc(C(F)(C(F)(F)F)C(F)(F)F)cc2S(C)=O)=CN)ccc1F. The fourth-order valence-electron chi connectivity index (χ4n) is 3.16. The topological polar surface area (TPSA) is 84.5 Å². The van der Waals surface area contributed by atoms with Crippen molar-refractivity contribution in [3.63, 3.8) is 0 Å². The summed E-state index contributed by atoms with van der Waals surface area (Å²) in [5.41, 5.74) is -2.17. The molecule has 2 rings (SSSR count). The molecule has 0 fully saturated rings. The van der Waals surface area contributed by atoms with Crippen LogP contribution in [0.3, 0.4) is 0 Å². The van der Waals surface area contributed by atoms with Crippen molar-refractivity contribution in [1.82, 2.24) is 5.32 Å². The van der Waals surface area contributed by atoms with E-state index < -0.39 is 55.8 Å². The maximum Gasteiger partial charge on any atom is 0.435 e. The highest BCUT2D eigenvalue weighted by Gasteiger charge is 2.73. The molecule has 38 heavy (non-hydrogen) atoms. The third-order valence-corrected chi connectivity index (χ3v) is 6.42. The molecule has 1 unspecified atom stereocenters. The molecule has 0 aliphatic rings. The number of alkyl halides is 7. The summed E-state index contributed by atoms with van der Waals surface area (Å²) >= 11 is 5.90. The number of allylic oxidation sites excluding steroid dienone is 1. The highest BCUT2D eigenvalue weighted by Crippen LogP contribution is 2.54. The molecule has 0 aliphatic heterocycles. The normalized spacial score (nSPS) is 14.1. The monoisotopic (exact) mass is 589 g/mol. The second-order valence-corrected chi connectivity index (χ2v) is 9.48. The van der Waals surface area contributed by atoms with E-state index in [9.17, 15) is 44.1 Å². The Morgan fingerprint density at radius 3 is 2.21 bits per heavy atom. The zero-order valence-corrected chi connectivity index (χ0v) is 21.2. The van der Waals surface area contributed by atoms with Crippen molar-refractivity contribution in [2.45, 2.75) is 42.8 Å². The van der Waals surface area contributed by atoms with E-state index in [1.807, 2.05) is 0 Å². The molecule has 3 N–H and O–H groups in total. The fraction of sp³-hybridized carbons (Fsp3) is 0.304. The standard InChI is InChI=1S/C23H20ClF8N3O2S/c1-3-19(36)34-10-13-6-12(4-5-17(13)25)14(9-33)11-35-20-16(24)7-15(8-18(20)38(2)37)21(26,22(27,28)29)23(30,31)32/h4-9,11H,3,10,33H2,1-2H3,(H,34,36). The van der Waals surface area contributed by atoms with E-state index in [2.05, 4.69) is 10.3 Å². The van der Waals surface area contributed by atoms with Crippen molar-refractivity contribution < 1.29 is 44.1 Å². The summed E-state index contributed by atoms with van der Waals surface area (Å²) in [7, 11) is -2.27. The van der Waals surface area contributed by atoms with Crippen LogP contribution in [-0.2, 0) is 27.8 Å². The predicted molar refractivity (Wildman–Crippen MR) is 128 cm³/mol. The Bertz CT molecular complexity index is 1280. The van der Waals surface area contributed by atoms with E-state index in [-0.39, 0.29) is 47.7 Å². The third kappa shape index (κ3) is 6.52. The Balaban J connectivity index is 2.57. The molecular weight excluding hydrogens is 570 g/mol. The van der Waals surface area contributed by atoms with Gasteiger partial charge in [0.05, 0.1) is 26.4 Å². The number of rotatable bonds is 8. The average molecular weight is 590 g/mol. The molecular formula is C23H20ClF8N3O2S. The minimum absolute atomic E-state index is 0.0772. The lowest BCUT2D eigenvalue weighted by atomic mass is 9.94. The summed E-state index contributed by atoms with van der Waals surface area (Å²) in [4.78, 5) is 14.7. The van der Waals surface area contributed by atoms with Gasteiger partial charge in [-0.15, -0.1) is 0 Å². The van der Waals surface area contributed by atoms with E-state index in [0.29, 0.717) is 0 Å². The van der Waals surface area contributed by atoms with Crippen LogP contribution in [0.2, 0.25) is 5.02 Å². The number of carbonyl (C=O) groups is 1. The molecule has 0 spiro atoms. The lowest BCUT2D eigenvalue weighted by molar-refractivity contribution is -0.348. The summed E-state index contributed by atoms with van der Waals surface area (Å²) in [6.07, 6.45) is -9.72. The lowest BCUT2D eigenvalue weighted by Crippen LogP contribution is -2.50. The highest BCUT2D eigenvalue weighted by molar-refractivity contribution is 7.84. The largest absolute Gasteiger partial charge is 0.435 e. The van der Waals surface area contributed by atoms with E-state index in [1.165, 1.54) is 12.1 Å². The minimum atomic E-state index is -6.40. The van der Waals surface area contributed by atoms with Gasteiger partial charge in [0.1, 0.15) is 5.82 Å². The van der Waals surface area contributed by atoms with Crippen LogP contribution in [0.1, 0.15) is 30.0 Å². The molecule has 0 aromatic heterocycles. The van der Waals surface area contributed by atoms with Crippen molar-refractivity contribution in [2.24, 2.45) is 10.7 Å². The van der Waals surface area contributed by atoms with Gasteiger partial charge in [-0.1, -0.05) is 24.6 Å². The van der Waals surface area contributed by atoms with Gasteiger partial charge in [0.2, 0.25) is 5.91 Å². The molecule has 5 nitrogen and oxygen atoms in total. The maximum atomic E-state index is 14.6. The van der Waals surface area contributed by atoms with Gasteiger partial charge in [-0.3, -0.25) is 14.0 Å². The number of nitrogens with two attached hydrogens (primary N) is 1. The van der Waals surface area contributed by atoms with Gasteiger partial charge in [-0.2, -0.15) is 26.3 Å². The first-order valence-corrected chi connectivity index (χ1v) is 12.4. The number of nitrogens with one attached hydrogen (secondary N) is 1. The first-order chi connectivity index (χ1) is 17.5. The molecule has 0 aliphatic carbocycles. The third-order valence-electron chi connectivity index (χ3n) is 5.21. The summed E-state index contributed by atoms with van der Waals surface area (Å²) in [5.74, 6) is -0.984. The number of aliphatic imine (C=N–C) groups is 1. The summed E-state index contributed by atoms with van der Waals surface area (Å²) in [6, 6.07) is 3.92. The van der Waals surface area contributed by atoms with Gasteiger partial charge in [0, 0.05) is 48.3 Å². The van der Waals surface area contributed by atoms with E-state index >= 15 is 0 Å². The summed E-state index contributed by atoms with van der Waals surface area (Å²) in [6.45, 7) is 1.44. The molecule has 2 aromatic rings. The van der Waals surface area contributed by atoms with Crippen LogP contribution in [0.25, 0.3) is 5.57 Å². The van der Waals surface area contributed by atoms with Crippen molar-refractivity contribution in [3.05, 3.63) is 64.1 Å². The quantitative estimate of drug-likeness (QED) is 0.283. The van der Waals surface area contributed by atoms with Crippen molar-refractivity contribution in [1.29, 1.82) is 0 Å². The molecule has 0 heterocycles. The zero-order valence-electron chi connectivity index (χ0n) is 19.6. The smallest absolute Gasteiger partial charge is 0.404 e. The number of benzene rings is 2. The number of halogens is 9. The number of amides is 1. The van der Waals surface area contributed by atoms with Crippen LogP contribution in [0.5, 0.6) is 0 Å². The first kappa shape index (κ1) is 31.2. The molecule has 0 saturated carbocycles. The van der Waals surface area contributed by atoms with Crippen LogP contribution in [0, 0.1) is 5.82 Å². The van der Waals surface area contributed by atoms with Gasteiger partial charge < -0.3 is 11.1 Å². The van der Waals surface area contributed by atoms with Crippen LogP contribution in [-0.4, -0.2) is 34.9 Å². The number of hydrogen-bond acceptors (Lipinski definition) is 4. The van der Waals surface area contributed by atoms with Crippen LogP contribution in [0.4, 0.5) is 40.8 Å². The van der Waals surface area contributed by atoms with Crippen molar-refractivity contribution >= 4 is 45.8 Å². The first-order valence-electron chi connectivity index (χ1n) is 10.5. The Labute approximate surface area is 219 Å². The Morgan fingerprint density at radius 1 is 1.11 bits per heavy atom. The second kappa shape index (κ2) is 11.8. The Hall–Kier alpha value is -3.00. The van der Waals surface area contributed by atoms with Gasteiger partial charge in [0.25, 0.3) is 0 Å². The van der Waals surface area contributed by atoms with Crippen LogP contribution in [0.15, 0.2) is 46.4 Å². The molecule has 0 radical (unpaired) electrons. The van der Waals surface area contributed by atoms with Crippen LogP contribution >= 0.6 is 11.6 Å². The average Bonchev–Trinajstić information content (AvgIpc) is 2.82. The number of carbonyl (C=O) groups excluding carboxylic acids is 1. The molecule has 208 valence electrons. The van der Waals surface area contributed by atoms with Crippen LogP contribution < -0.4 is 11.1 Å². The zero-order chi connectivity index (χ0) is 29.1. The summed E-state index contributed by atoms with van der Waals surface area (Å²) < 4.78 is 120. The van der Waals surface area contributed by atoms with Gasteiger partial charge in [0.15, 0.2) is 0 Å².